The molecule has 1 N–H and O–H groups in total. The molecule has 15 heavy (non-hydrogen) atoms. The third-order valence-corrected chi connectivity index (χ3v) is 2.10. The van der Waals surface area contributed by atoms with Crippen molar-refractivity contribution in [1.29, 1.82) is 0 Å². The number of aromatic amines is 1. The normalized spacial score (nSPS) is 17.1. The van der Waals surface area contributed by atoms with Gasteiger partial charge < -0.3 is 4.98 Å². The fraction of sp³-hybridized carbons (Fsp3) is 0. The molecule has 1 heterocycles. The zero-order valence-corrected chi connectivity index (χ0v) is 7.45. The lowest BCUT2D eigenvalue weighted by Gasteiger charge is -1.91. The quantitative estimate of drug-likeness (QED) is 0.530. The smallest absolute Gasteiger partial charge is 0.188 e. The van der Waals surface area contributed by atoms with Gasteiger partial charge in [0.2, 0.25) is 0 Å². The number of aromatic nitrogens is 1. The third kappa shape index (κ3) is 1.10. The van der Waals surface area contributed by atoms with Crippen molar-refractivity contribution in [2.75, 3.05) is 0 Å². The van der Waals surface area contributed by atoms with Crippen molar-refractivity contribution in [1.82, 2.24) is 4.98 Å². The Morgan fingerprint density at radius 3 is 2.73 bits per heavy atom. The van der Waals surface area contributed by atoms with Crippen LogP contribution in [0.25, 0.3) is 26.7 Å². The predicted molar refractivity (Wildman–Crippen MR) is 62.1 cm³/mol. The summed E-state index contributed by atoms with van der Waals surface area (Å²) in [5.41, 5.74) is -0.153. The zero-order valence-electron chi connectivity index (χ0n) is 14.4. The highest BCUT2D eigenvalue weighted by Gasteiger charge is 2.03. The second kappa shape index (κ2) is 2.86. The molecular formula is C13H8N2. The Labute approximate surface area is 96.8 Å². The molecule has 0 saturated carbocycles. The van der Waals surface area contributed by atoms with Crippen LogP contribution in [0.4, 0.5) is 5.69 Å². The van der Waals surface area contributed by atoms with E-state index < -0.39 is 18.1 Å². The van der Waals surface area contributed by atoms with Crippen molar-refractivity contribution in [2.45, 2.75) is 0 Å². The molecule has 2 nitrogen and oxygen atoms in total. The van der Waals surface area contributed by atoms with E-state index in [9.17, 15) is 0 Å². The summed E-state index contributed by atoms with van der Waals surface area (Å²) in [4.78, 5) is 5.82. The van der Waals surface area contributed by atoms with Crippen LogP contribution >= 0.6 is 0 Å². The van der Waals surface area contributed by atoms with E-state index in [0.29, 0.717) is 0 Å². The average molecular weight is 199 g/mol. The topological polar surface area (TPSA) is 20.1 Å². The van der Waals surface area contributed by atoms with Crippen LogP contribution in [0.15, 0.2) is 42.3 Å². The summed E-state index contributed by atoms with van der Waals surface area (Å²) in [7, 11) is 0. The summed E-state index contributed by atoms with van der Waals surface area (Å²) in [5.74, 6) is 0. The summed E-state index contributed by atoms with van der Waals surface area (Å²) >= 11 is 0. The number of hydrogen-bond acceptors (Lipinski definition) is 0. The lowest BCUT2D eigenvalue weighted by molar-refractivity contribution is 1.55. The van der Waals surface area contributed by atoms with Crippen LogP contribution in [0.3, 0.4) is 0 Å². The van der Waals surface area contributed by atoms with Crippen molar-refractivity contribution in [3.8, 4) is 0 Å². The van der Waals surface area contributed by atoms with Crippen LogP contribution in [0.1, 0.15) is 9.60 Å². The van der Waals surface area contributed by atoms with E-state index in [1.807, 2.05) is 0 Å². The van der Waals surface area contributed by atoms with E-state index in [1.165, 1.54) is 0 Å². The second-order valence-electron chi connectivity index (χ2n) is 2.96. The van der Waals surface area contributed by atoms with Gasteiger partial charge in [0.25, 0.3) is 0 Å². The molecule has 3 rings (SSSR count). The highest BCUT2D eigenvalue weighted by atomic mass is 14.7. The summed E-state index contributed by atoms with van der Waals surface area (Å²) in [6.07, 6.45) is 0. The molecule has 3 aromatic rings. The molecule has 0 saturated heterocycles. The number of H-pyrrole nitrogens is 1. The van der Waals surface area contributed by atoms with Crippen LogP contribution < -0.4 is 0 Å². The number of nitrogens with one attached hydrogen (secondary N) is 1. The van der Waals surface area contributed by atoms with E-state index in [4.69, 9.17) is 16.2 Å². The Kier molecular flexibility index (Phi) is 0.707. The number of nitrogens with zero attached hydrogens (tertiary/aromatic N) is 1. The van der Waals surface area contributed by atoms with Crippen LogP contribution in [0.5, 0.6) is 0 Å². The van der Waals surface area contributed by atoms with Crippen LogP contribution in [0.2, 0.25) is 0 Å². The third-order valence-electron chi connectivity index (χ3n) is 2.10. The summed E-state index contributed by atoms with van der Waals surface area (Å²) in [5, 5.41) is 0.151. The summed E-state index contributed by atoms with van der Waals surface area (Å²) in [6.45, 7) is 7.07. The van der Waals surface area contributed by atoms with Gasteiger partial charge in [-0.3, -0.25) is 0 Å². The van der Waals surface area contributed by atoms with Crippen molar-refractivity contribution < 1.29 is 9.60 Å². The molecule has 0 aliphatic rings. The molecule has 0 aliphatic heterocycles. The van der Waals surface area contributed by atoms with Gasteiger partial charge in [0.15, 0.2) is 5.69 Å². The minimum absolute atomic E-state index is 0.0735. The standard InChI is InChI=1S/C13H8N2/c1-14-9-6-7-13-11(8-9)10-4-2-3-5-12(10)15-13/h2-8,15H/i2D,3D,4D,5D,6D,7D,8D. The van der Waals surface area contributed by atoms with Crippen molar-refractivity contribution in [2.24, 2.45) is 0 Å². The lowest BCUT2D eigenvalue weighted by atomic mass is 10.1. The Hall–Kier alpha value is -2.27. The number of benzene rings is 2. The van der Waals surface area contributed by atoms with E-state index in [2.05, 4.69) is 9.83 Å². The maximum atomic E-state index is 8.08. The van der Waals surface area contributed by atoms with Gasteiger partial charge in [0.1, 0.15) is 0 Å². The van der Waals surface area contributed by atoms with E-state index in [0.717, 1.165) is 0 Å². The highest BCUT2D eigenvalue weighted by Crippen LogP contribution is 2.28. The molecular weight excluding hydrogens is 184 g/mol. The van der Waals surface area contributed by atoms with Crippen molar-refractivity contribution in [3.63, 3.8) is 0 Å². The maximum Gasteiger partial charge on any atom is 0.188 e. The molecule has 0 fully saturated rings. The molecule has 0 aliphatic carbocycles. The summed E-state index contributed by atoms with van der Waals surface area (Å²) < 4.78 is 55.1. The van der Waals surface area contributed by atoms with Crippen molar-refractivity contribution >= 4 is 27.5 Å². The lowest BCUT2D eigenvalue weighted by Crippen LogP contribution is -1.65. The number of hydrogen-bond donors (Lipinski definition) is 1. The van der Waals surface area contributed by atoms with Crippen LogP contribution in [0, 0.1) is 6.57 Å². The molecule has 2 aromatic carbocycles. The maximum absolute atomic E-state index is 8.08. The molecule has 0 spiro atoms. The first-order valence-corrected chi connectivity index (χ1v) is 4.20. The Morgan fingerprint density at radius 2 is 1.87 bits per heavy atom. The van der Waals surface area contributed by atoms with E-state index in [-0.39, 0.29) is 51.7 Å². The monoisotopic (exact) mass is 199 g/mol. The first-order valence-electron chi connectivity index (χ1n) is 7.70. The van der Waals surface area contributed by atoms with Crippen molar-refractivity contribution in [3.05, 3.63) is 53.7 Å². The minimum atomic E-state index is -0.441. The Balaban J connectivity index is 2.74. The molecule has 70 valence electrons. The largest absolute Gasteiger partial charge is 0.355 e. The molecule has 0 amide bonds. The molecule has 1 aromatic heterocycles. The van der Waals surface area contributed by atoms with Gasteiger partial charge in [-0.05, 0) is 23.5 Å². The summed E-state index contributed by atoms with van der Waals surface area (Å²) in [6, 6.07) is -2.49. The molecule has 0 unspecified atom stereocenters. The van der Waals surface area contributed by atoms with Gasteiger partial charge in [-0.25, -0.2) is 4.85 Å². The number of rotatable bonds is 0. The first-order chi connectivity index (χ1) is 10.3. The van der Waals surface area contributed by atoms with Gasteiger partial charge in [-0.2, -0.15) is 0 Å². The van der Waals surface area contributed by atoms with Gasteiger partial charge >= 0.3 is 0 Å². The number of fused-ring (bicyclic) bond motifs is 3. The molecule has 0 radical (unpaired) electrons. The molecule has 2 heteroatoms. The van der Waals surface area contributed by atoms with Crippen LogP contribution in [-0.2, 0) is 0 Å². The SMILES string of the molecule is [2H]c1c([2H])c([2H])c2c([nH]c3c([2H])c([2H])c([N+]#[C-])c([2H])c32)c1[2H]. The van der Waals surface area contributed by atoms with Gasteiger partial charge in [0.05, 0.1) is 13.4 Å². The average Bonchev–Trinajstić information content (AvgIpc) is 2.90. The minimum Gasteiger partial charge on any atom is -0.355 e. The van der Waals surface area contributed by atoms with Gasteiger partial charge in [0, 0.05) is 19.2 Å². The highest BCUT2D eigenvalue weighted by molar-refractivity contribution is 6.08. The van der Waals surface area contributed by atoms with E-state index in [1.54, 1.807) is 0 Å². The van der Waals surface area contributed by atoms with Crippen LogP contribution in [-0.4, -0.2) is 4.98 Å². The first kappa shape index (κ1) is 3.71. The number of para-hydroxylation sites is 1. The second-order valence-corrected chi connectivity index (χ2v) is 2.96. The van der Waals surface area contributed by atoms with Gasteiger partial charge in [-0.15, -0.1) is 0 Å². The van der Waals surface area contributed by atoms with Gasteiger partial charge in [-0.1, -0.05) is 24.2 Å². The molecule has 0 bridgehead atoms. The predicted octanol–water partition coefficient (Wildman–Crippen LogP) is 3.87. The fourth-order valence-corrected chi connectivity index (χ4v) is 1.45. The Bertz CT molecular complexity index is 1010. The fourth-order valence-electron chi connectivity index (χ4n) is 1.45. The molecule has 0 atom stereocenters. The van der Waals surface area contributed by atoms with E-state index >= 15 is 0 Å². The Morgan fingerprint density at radius 1 is 1.07 bits per heavy atom. The zero-order chi connectivity index (χ0) is 16.3.